The predicted molar refractivity (Wildman–Crippen MR) is 114 cm³/mol. The van der Waals surface area contributed by atoms with Crippen molar-refractivity contribution in [2.45, 2.75) is 45.3 Å². The van der Waals surface area contributed by atoms with Gasteiger partial charge in [0.2, 0.25) is 5.91 Å². The maximum absolute atomic E-state index is 12.2. The van der Waals surface area contributed by atoms with Crippen LogP contribution in [0.3, 0.4) is 0 Å². The maximum Gasteiger partial charge on any atom is 0.230 e. The minimum atomic E-state index is -0.0216. The Labute approximate surface area is 174 Å². The van der Waals surface area contributed by atoms with E-state index in [9.17, 15) is 4.79 Å². The van der Waals surface area contributed by atoms with Gasteiger partial charge in [-0.15, -0.1) is 10.2 Å². The highest BCUT2D eigenvalue weighted by Gasteiger charge is 2.20. The van der Waals surface area contributed by atoms with Gasteiger partial charge in [-0.2, -0.15) is 0 Å². The number of nitrogens with one attached hydrogen (secondary N) is 1. The molecule has 0 bridgehead atoms. The molecule has 0 fully saturated rings. The number of rotatable bonds is 9. The normalized spacial score (nSPS) is 12.0. The van der Waals surface area contributed by atoms with Crippen molar-refractivity contribution in [2.75, 3.05) is 12.4 Å². The van der Waals surface area contributed by atoms with Crippen molar-refractivity contribution in [3.05, 3.63) is 42.4 Å². The summed E-state index contributed by atoms with van der Waals surface area (Å²) < 4.78 is 12.9. The monoisotopic (exact) mass is 414 g/mol. The lowest BCUT2D eigenvalue weighted by atomic mass is 10.2. The molecule has 0 aliphatic rings. The number of furan rings is 1. The van der Waals surface area contributed by atoms with Gasteiger partial charge in [-0.25, -0.2) is 0 Å². The van der Waals surface area contributed by atoms with E-state index in [-0.39, 0.29) is 17.7 Å². The first-order valence-corrected chi connectivity index (χ1v) is 10.7. The molecule has 0 saturated heterocycles. The number of hydrogen-bond donors (Lipinski definition) is 1. The molecule has 3 aromatic rings. The van der Waals surface area contributed by atoms with Crippen LogP contribution >= 0.6 is 11.8 Å². The number of hydrogen-bond acceptors (Lipinski definition) is 6. The minimum absolute atomic E-state index is 0.0216. The van der Waals surface area contributed by atoms with Gasteiger partial charge < -0.3 is 14.5 Å². The highest BCUT2D eigenvalue weighted by molar-refractivity contribution is 7.99. The number of thioether (sulfide) groups is 1. The van der Waals surface area contributed by atoms with E-state index >= 15 is 0 Å². The predicted octanol–water partition coefficient (Wildman–Crippen LogP) is 4.24. The van der Waals surface area contributed by atoms with E-state index in [2.05, 4.69) is 15.5 Å². The number of nitrogens with zero attached hydrogens (tertiary/aromatic N) is 3. The lowest BCUT2D eigenvalue weighted by Gasteiger charge is -2.12. The summed E-state index contributed by atoms with van der Waals surface area (Å²) in [6, 6.07) is 9.75. The molecule has 154 valence electrons. The summed E-state index contributed by atoms with van der Waals surface area (Å²) in [6.45, 7) is 8.48. The second-order valence-electron chi connectivity index (χ2n) is 6.62. The van der Waals surface area contributed by atoms with E-state index in [1.54, 1.807) is 6.26 Å². The summed E-state index contributed by atoms with van der Waals surface area (Å²) >= 11 is 1.36. The van der Waals surface area contributed by atoms with Crippen LogP contribution in [-0.2, 0) is 4.79 Å². The van der Waals surface area contributed by atoms with Gasteiger partial charge in [0.1, 0.15) is 11.5 Å². The second kappa shape index (κ2) is 9.65. The second-order valence-corrected chi connectivity index (χ2v) is 7.57. The molecular formula is C21H26N4O3S. The molecule has 0 unspecified atom stereocenters. The van der Waals surface area contributed by atoms with Crippen molar-refractivity contribution in [1.82, 2.24) is 20.1 Å². The number of carbonyl (C=O) groups is 1. The molecule has 0 radical (unpaired) electrons. The van der Waals surface area contributed by atoms with E-state index < -0.39 is 0 Å². The molecule has 1 atom stereocenters. The zero-order valence-electron chi connectivity index (χ0n) is 17.1. The molecular weight excluding hydrogens is 388 g/mol. The average molecular weight is 415 g/mol. The third kappa shape index (κ3) is 5.00. The van der Waals surface area contributed by atoms with Crippen molar-refractivity contribution >= 4 is 17.7 Å². The van der Waals surface area contributed by atoms with Gasteiger partial charge in [-0.3, -0.25) is 9.36 Å². The molecule has 2 heterocycles. The maximum atomic E-state index is 12.2. The first kappa shape index (κ1) is 21.0. The molecule has 1 amide bonds. The topological polar surface area (TPSA) is 82.2 Å². The van der Waals surface area contributed by atoms with E-state index in [0.29, 0.717) is 17.6 Å². The zero-order valence-corrected chi connectivity index (χ0v) is 18.0. The van der Waals surface area contributed by atoms with Crippen LogP contribution in [0.15, 0.2) is 46.2 Å². The Morgan fingerprint density at radius 1 is 1.24 bits per heavy atom. The highest BCUT2D eigenvalue weighted by Crippen LogP contribution is 2.30. The van der Waals surface area contributed by atoms with Gasteiger partial charge >= 0.3 is 0 Å². The fourth-order valence-electron chi connectivity index (χ4n) is 2.79. The summed E-state index contributed by atoms with van der Waals surface area (Å²) in [7, 11) is 0. The molecule has 8 heteroatoms. The third-order valence-corrected chi connectivity index (χ3v) is 5.42. The molecule has 0 spiro atoms. The Morgan fingerprint density at radius 3 is 2.62 bits per heavy atom. The quantitative estimate of drug-likeness (QED) is 0.527. The van der Waals surface area contributed by atoms with E-state index in [4.69, 9.17) is 9.15 Å². The number of carbonyl (C=O) groups excluding carboxylic acids is 1. The van der Waals surface area contributed by atoms with Crippen LogP contribution in [0.1, 0.15) is 33.0 Å². The lowest BCUT2D eigenvalue weighted by molar-refractivity contribution is -0.119. The summed E-state index contributed by atoms with van der Waals surface area (Å²) in [5.41, 5.74) is 1.75. The standard InChI is InChI=1S/C21H26N4O3S/c1-5-14(3)22-19(26)13-29-21-24-23-20(18-11-12-28-15(18)4)25(21)16-7-9-17(10-8-16)27-6-2/h7-12,14H,5-6,13H2,1-4H3,(H,22,26)/t14-/m0/s1. The van der Waals surface area contributed by atoms with E-state index in [1.165, 1.54) is 11.8 Å². The number of ether oxygens (including phenoxy) is 1. The SMILES string of the molecule is CCOc1ccc(-n2c(SCC(=O)N[C@@H](C)CC)nnc2-c2ccoc2C)cc1. The summed E-state index contributed by atoms with van der Waals surface area (Å²) in [4.78, 5) is 12.2. The number of aryl methyl sites for hydroxylation is 1. The van der Waals surface area contributed by atoms with Crippen LogP contribution in [0, 0.1) is 6.92 Å². The van der Waals surface area contributed by atoms with Gasteiger partial charge in [0.15, 0.2) is 11.0 Å². The van der Waals surface area contributed by atoms with E-state index in [1.807, 2.05) is 62.6 Å². The van der Waals surface area contributed by atoms with Gasteiger partial charge in [0.25, 0.3) is 0 Å². The largest absolute Gasteiger partial charge is 0.494 e. The molecule has 7 nitrogen and oxygen atoms in total. The average Bonchev–Trinajstić information content (AvgIpc) is 3.32. The van der Waals surface area contributed by atoms with Gasteiger partial charge in [0, 0.05) is 6.04 Å². The van der Waals surface area contributed by atoms with Crippen LogP contribution in [0.25, 0.3) is 17.1 Å². The molecule has 0 aliphatic carbocycles. The molecule has 29 heavy (non-hydrogen) atoms. The molecule has 3 rings (SSSR count). The fourth-order valence-corrected chi connectivity index (χ4v) is 3.56. The summed E-state index contributed by atoms with van der Waals surface area (Å²) in [5.74, 6) is 2.48. The lowest BCUT2D eigenvalue weighted by Crippen LogP contribution is -2.33. The third-order valence-electron chi connectivity index (χ3n) is 4.49. The van der Waals surface area contributed by atoms with Gasteiger partial charge in [-0.05, 0) is 57.5 Å². The Hall–Kier alpha value is -2.74. The first-order chi connectivity index (χ1) is 14.0. The zero-order chi connectivity index (χ0) is 20.8. The number of aromatic nitrogens is 3. The van der Waals surface area contributed by atoms with Crippen LogP contribution in [-0.4, -0.2) is 39.1 Å². The van der Waals surface area contributed by atoms with Crippen LogP contribution in [0.4, 0.5) is 0 Å². The van der Waals surface area contributed by atoms with Crippen molar-refractivity contribution < 1.29 is 13.9 Å². The minimum Gasteiger partial charge on any atom is -0.494 e. The molecule has 0 saturated carbocycles. The van der Waals surface area contributed by atoms with Gasteiger partial charge in [0.05, 0.1) is 29.9 Å². The van der Waals surface area contributed by atoms with Crippen molar-refractivity contribution in [2.24, 2.45) is 0 Å². The van der Waals surface area contributed by atoms with Crippen molar-refractivity contribution in [3.8, 4) is 22.8 Å². The van der Waals surface area contributed by atoms with Gasteiger partial charge in [-0.1, -0.05) is 18.7 Å². The first-order valence-electron chi connectivity index (χ1n) is 9.68. The van der Waals surface area contributed by atoms with Crippen molar-refractivity contribution in [1.29, 1.82) is 0 Å². The Morgan fingerprint density at radius 2 is 2.00 bits per heavy atom. The molecule has 1 aromatic carbocycles. The van der Waals surface area contributed by atoms with E-state index in [0.717, 1.165) is 29.2 Å². The molecule has 1 N–H and O–H groups in total. The molecule has 2 aromatic heterocycles. The number of amides is 1. The Kier molecular flexibility index (Phi) is 6.98. The van der Waals surface area contributed by atoms with Crippen LogP contribution in [0.2, 0.25) is 0 Å². The summed E-state index contributed by atoms with van der Waals surface area (Å²) in [5, 5.41) is 12.3. The smallest absolute Gasteiger partial charge is 0.230 e. The Bertz CT molecular complexity index is 949. The van der Waals surface area contributed by atoms with Crippen LogP contribution in [0.5, 0.6) is 5.75 Å². The Balaban J connectivity index is 1.91. The van der Waals surface area contributed by atoms with Crippen molar-refractivity contribution in [3.63, 3.8) is 0 Å². The number of benzene rings is 1. The fraction of sp³-hybridized carbons (Fsp3) is 0.381. The highest BCUT2D eigenvalue weighted by atomic mass is 32.2. The summed E-state index contributed by atoms with van der Waals surface area (Å²) in [6.07, 6.45) is 2.52. The van der Waals surface area contributed by atoms with Crippen LogP contribution < -0.4 is 10.1 Å². The molecule has 0 aliphatic heterocycles.